The molecule has 2 rings (SSSR count). The minimum absolute atomic E-state index is 0.0719. The summed E-state index contributed by atoms with van der Waals surface area (Å²) in [5.41, 5.74) is 1.49. The molecular weight excluding hydrogens is 268 g/mol. The predicted octanol–water partition coefficient (Wildman–Crippen LogP) is 4.10. The number of hydrogen-bond acceptors (Lipinski definition) is 4. The third kappa shape index (κ3) is 4.18. The predicted molar refractivity (Wildman–Crippen MR) is 84.5 cm³/mol. The van der Waals surface area contributed by atoms with E-state index in [1.54, 1.807) is 6.07 Å². The number of H-pyrrole nitrogens is 1. The molecular formula is C15H22N4O2. The standard InChI is InChI=1S/C15H22N4O2/c1-10(2)5-4-6-11(3)16-15-17-13-8-7-12(19(20)21)9-14(13)18-15/h7-11H,4-6H2,1-3H3,(H2,16,17,18). The molecule has 0 saturated heterocycles. The zero-order valence-electron chi connectivity index (χ0n) is 12.7. The molecule has 0 aliphatic carbocycles. The van der Waals surface area contributed by atoms with E-state index >= 15 is 0 Å². The Morgan fingerprint density at radius 3 is 2.76 bits per heavy atom. The number of nitrogens with zero attached hydrogens (tertiary/aromatic N) is 2. The van der Waals surface area contributed by atoms with Crippen LogP contribution in [-0.4, -0.2) is 20.9 Å². The highest BCUT2D eigenvalue weighted by Crippen LogP contribution is 2.21. The van der Waals surface area contributed by atoms with Crippen molar-refractivity contribution in [3.05, 3.63) is 28.3 Å². The van der Waals surface area contributed by atoms with Crippen molar-refractivity contribution in [3.8, 4) is 0 Å². The summed E-state index contributed by atoms with van der Waals surface area (Å²) in [6.45, 7) is 6.57. The van der Waals surface area contributed by atoms with Gasteiger partial charge < -0.3 is 10.3 Å². The number of rotatable bonds is 7. The highest BCUT2D eigenvalue weighted by Gasteiger charge is 2.11. The molecule has 1 unspecified atom stereocenters. The van der Waals surface area contributed by atoms with Crippen molar-refractivity contribution in [2.45, 2.75) is 46.1 Å². The third-order valence-corrected chi connectivity index (χ3v) is 3.48. The number of nitrogens with one attached hydrogen (secondary N) is 2. The lowest BCUT2D eigenvalue weighted by atomic mass is 10.0. The first-order chi connectivity index (χ1) is 9.95. The van der Waals surface area contributed by atoms with E-state index in [1.807, 2.05) is 0 Å². The maximum atomic E-state index is 10.8. The van der Waals surface area contributed by atoms with E-state index in [4.69, 9.17) is 0 Å². The molecule has 1 atom stereocenters. The van der Waals surface area contributed by atoms with Crippen LogP contribution in [0.25, 0.3) is 11.0 Å². The summed E-state index contributed by atoms with van der Waals surface area (Å²) in [6, 6.07) is 4.97. The van der Waals surface area contributed by atoms with E-state index in [0.717, 1.165) is 17.9 Å². The number of non-ortho nitro benzene ring substituents is 1. The normalized spacial score (nSPS) is 12.8. The van der Waals surface area contributed by atoms with Crippen molar-refractivity contribution in [1.29, 1.82) is 0 Å². The molecule has 0 amide bonds. The average molecular weight is 290 g/mol. The zero-order chi connectivity index (χ0) is 15.4. The van der Waals surface area contributed by atoms with Crippen LogP contribution < -0.4 is 5.32 Å². The number of imidazole rings is 1. The maximum Gasteiger partial charge on any atom is 0.271 e. The SMILES string of the molecule is CC(C)CCCC(C)Nc1nc2ccc([N+](=O)[O-])cc2[nH]1. The molecule has 6 nitrogen and oxygen atoms in total. The van der Waals surface area contributed by atoms with Crippen molar-refractivity contribution in [2.75, 3.05) is 5.32 Å². The molecule has 0 bridgehead atoms. The second-order valence-electron chi connectivity index (χ2n) is 5.91. The number of anilines is 1. The quantitative estimate of drug-likeness (QED) is 0.594. The van der Waals surface area contributed by atoms with Gasteiger partial charge in [-0.05, 0) is 25.3 Å². The Kier molecular flexibility index (Phi) is 4.77. The van der Waals surface area contributed by atoms with Crippen LogP contribution in [0.15, 0.2) is 18.2 Å². The zero-order valence-corrected chi connectivity index (χ0v) is 12.7. The van der Waals surface area contributed by atoms with E-state index in [2.05, 4.69) is 36.1 Å². The molecule has 2 N–H and O–H groups in total. The number of aromatic amines is 1. The van der Waals surface area contributed by atoms with Gasteiger partial charge in [0.1, 0.15) is 0 Å². The number of nitro benzene ring substituents is 1. The van der Waals surface area contributed by atoms with Gasteiger partial charge >= 0.3 is 0 Å². The van der Waals surface area contributed by atoms with Gasteiger partial charge in [-0.3, -0.25) is 10.1 Å². The molecule has 0 radical (unpaired) electrons. The van der Waals surface area contributed by atoms with Gasteiger partial charge in [0.05, 0.1) is 16.0 Å². The summed E-state index contributed by atoms with van der Waals surface area (Å²) in [7, 11) is 0. The van der Waals surface area contributed by atoms with Crippen LogP contribution in [0.5, 0.6) is 0 Å². The topological polar surface area (TPSA) is 83.8 Å². The van der Waals surface area contributed by atoms with Crippen LogP contribution >= 0.6 is 0 Å². The first-order valence-corrected chi connectivity index (χ1v) is 7.36. The van der Waals surface area contributed by atoms with Gasteiger partial charge in [0, 0.05) is 18.2 Å². The van der Waals surface area contributed by atoms with Gasteiger partial charge in [-0.15, -0.1) is 0 Å². The van der Waals surface area contributed by atoms with Crippen LogP contribution in [-0.2, 0) is 0 Å². The first kappa shape index (κ1) is 15.3. The second kappa shape index (κ2) is 6.56. The van der Waals surface area contributed by atoms with Crippen molar-refractivity contribution in [1.82, 2.24) is 9.97 Å². The Labute approximate surface area is 124 Å². The fourth-order valence-electron chi connectivity index (χ4n) is 2.32. The van der Waals surface area contributed by atoms with Crippen LogP contribution in [0, 0.1) is 16.0 Å². The van der Waals surface area contributed by atoms with E-state index < -0.39 is 4.92 Å². The van der Waals surface area contributed by atoms with E-state index in [9.17, 15) is 10.1 Å². The molecule has 1 heterocycles. The van der Waals surface area contributed by atoms with Crippen molar-refractivity contribution < 1.29 is 4.92 Å². The van der Waals surface area contributed by atoms with Gasteiger partial charge in [-0.2, -0.15) is 0 Å². The third-order valence-electron chi connectivity index (χ3n) is 3.48. The van der Waals surface area contributed by atoms with Gasteiger partial charge in [-0.1, -0.05) is 26.7 Å². The Balaban J connectivity index is 2.00. The molecule has 1 aromatic carbocycles. The Bertz CT molecular complexity index is 621. The number of nitro groups is 1. The smallest absolute Gasteiger partial charge is 0.271 e. The lowest BCUT2D eigenvalue weighted by molar-refractivity contribution is -0.384. The largest absolute Gasteiger partial charge is 0.353 e. The Morgan fingerprint density at radius 1 is 1.33 bits per heavy atom. The van der Waals surface area contributed by atoms with E-state index in [-0.39, 0.29) is 5.69 Å². The summed E-state index contributed by atoms with van der Waals surface area (Å²) >= 11 is 0. The fraction of sp³-hybridized carbons (Fsp3) is 0.533. The van der Waals surface area contributed by atoms with Crippen LogP contribution in [0.3, 0.4) is 0 Å². The van der Waals surface area contributed by atoms with Crippen LogP contribution in [0.1, 0.15) is 40.0 Å². The number of benzene rings is 1. The Hall–Kier alpha value is -2.11. The number of aromatic nitrogens is 2. The minimum Gasteiger partial charge on any atom is -0.353 e. The molecule has 0 fully saturated rings. The molecule has 0 spiro atoms. The van der Waals surface area contributed by atoms with Crippen LogP contribution in [0.2, 0.25) is 0 Å². The summed E-state index contributed by atoms with van der Waals surface area (Å²) in [5.74, 6) is 1.39. The maximum absolute atomic E-state index is 10.8. The molecule has 0 saturated carbocycles. The van der Waals surface area contributed by atoms with Crippen molar-refractivity contribution in [3.63, 3.8) is 0 Å². The number of fused-ring (bicyclic) bond motifs is 1. The highest BCUT2D eigenvalue weighted by molar-refractivity contribution is 5.79. The lowest BCUT2D eigenvalue weighted by Crippen LogP contribution is -2.16. The van der Waals surface area contributed by atoms with E-state index in [1.165, 1.54) is 25.0 Å². The number of hydrogen-bond donors (Lipinski definition) is 2. The van der Waals surface area contributed by atoms with Crippen molar-refractivity contribution in [2.24, 2.45) is 5.92 Å². The summed E-state index contributed by atoms with van der Waals surface area (Å²) < 4.78 is 0. The monoisotopic (exact) mass is 290 g/mol. The molecule has 6 heteroatoms. The van der Waals surface area contributed by atoms with Gasteiger partial charge in [0.2, 0.25) is 5.95 Å². The summed E-state index contributed by atoms with van der Waals surface area (Å²) in [5, 5.41) is 14.1. The fourth-order valence-corrected chi connectivity index (χ4v) is 2.32. The molecule has 2 aromatic rings. The van der Waals surface area contributed by atoms with Gasteiger partial charge in [-0.25, -0.2) is 4.98 Å². The van der Waals surface area contributed by atoms with Crippen LogP contribution in [0.4, 0.5) is 11.6 Å². The van der Waals surface area contributed by atoms with E-state index in [0.29, 0.717) is 17.5 Å². The lowest BCUT2D eigenvalue weighted by Gasteiger charge is -2.13. The Morgan fingerprint density at radius 2 is 2.10 bits per heavy atom. The summed E-state index contributed by atoms with van der Waals surface area (Å²) in [6.07, 6.45) is 3.48. The van der Waals surface area contributed by atoms with Gasteiger partial charge in [0.15, 0.2) is 0 Å². The molecule has 1 aromatic heterocycles. The molecule has 0 aliphatic heterocycles. The molecule has 21 heavy (non-hydrogen) atoms. The summed E-state index contributed by atoms with van der Waals surface area (Å²) in [4.78, 5) is 17.9. The molecule has 0 aliphatic rings. The first-order valence-electron chi connectivity index (χ1n) is 7.36. The van der Waals surface area contributed by atoms with Gasteiger partial charge in [0.25, 0.3) is 5.69 Å². The second-order valence-corrected chi connectivity index (χ2v) is 5.91. The van der Waals surface area contributed by atoms with Crippen molar-refractivity contribution >= 4 is 22.7 Å². The highest BCUT2D eigenvalue weighted by atomic mass is 16.6. The average Bonchev–Trinajstić information content (AvgIpc) is 2.78. The minimum atomic E-state index is -0.401. The molecule has 114 valence electrons.